The van der Waals surface area contributed by atoms with E-state index < -0.39 is 16.0 Å². The number of sulfonamides is 1. The molecule has 7 nitrogen and oxygen atoms in total. The zero-order valence-electron chi connectivity index (χ0n) is 15.4. The first kappa shape index (κ1) is 20.2. The molecule has 0 saturated heterocycles. The van der Waals surface area contributed by atoms with E-state index in [4.69, 9.17) is 4.42 Å². The Morgan fingerprint density at radius 3 is 2.35 bits per heavy atom. The molecule has 0 aliphatic carbocycles. The molecule has 8 heteroatoms. The van der Waals surface area contributed by atoms with Gasteiger partial charge in [-0.3, -0.25) is 0 Å². The maximum absolute atomic E-state index is 13.2. The van der Waals surface area contributed by atoms with Gasteiger partial charge in [-0.2, -0.15) is 4.31 Å². The van der Waals surface area contributed by atoms with Gasteiger partial charge in [-0.05, 0) is 57.8 Å². The third-order valence-corrected chi connectivity index (χ3v) is 6.05. The van der Waals surface area contributed by atoms with Crippen LogP contribution < -0.4 is 0 Å². The third kappa shape index (κ3) is 4.51. The van der Waals surface area contributed by atoms with Gasteiger partial charge in [-0.25, -0.2) is 13.2 Å². The second-order valence-electron chi connectivity index (χ2n) is 6.39. The van der Waals surface area contributed by atoms with E-state index in [0.717, 1.165) is 0 Å². The van der Waals surface area contributed by atoms with Crippen molar-refractivity contribution in [3.05, 3.63) is 53.0 Å². The summed E-state index contributed by atoms with van der Waals surface area (Å²) in [7, 11) is -0.170. The molecule has 0 bridgehead atoms. The van der Waals surface area contributed by atoms with Gasteiger partial charge < -0.3 is 14.4 Å². The van der Waals surface area contributed by atoms with Crippen molar-refractivity contribution in [1.82, 2.24) is 9.21 Å². The maximum atomic E-state index is 13.2. The molecule has 2 rings (SSSR count). The van der Waals surface area contributed by atoms with Gasteiger partial charge >= 0.3 is 5.97 Å². The van der Waals surface area contributed by atoms with Crippen LogP contribution in [-0.4, -0.2) is 55.9 Å². The molecule has 1 N–H and O–H groups in total. The minimum atomic E-state index is -3.89. The smallest absolute Gasteiger partial charge is 0.335 e. The molecule has 0 fully saturated rings. The molecule has 0 saturated carbocycles. The van der Waals surface area contributed by atoms with Crippen LogP contribution in [0.4, 0.5) is 0 Å². The molecule has 1 aromatic carbocycles. The Balaban J connectivity index is 2.44. The van der Waals surface area contributed by atoms with Crippen LogP contribution in [0.5, 0.6) is 0 Å². The number of carbonyl (C=O) groups is 1. The molecule has 2 aromatic rings. The monoisotopic (exact) mass is 380 g/mol. The molecular weight excluding hydrogens is 356 g/mol. The molecule has 0 aliphatic heterocycles. The Morgan fingerprint density at radius 1 is 1.12 bits per heavy atom. The molecule has 0 aliphatic rings. The van der Waals surface area contributed by atoms with Crippen LogP contribution in [0.15, 0.2) is 39.6 Å². The largest absolute Gasteiger partial charge is 0.478 e. The molecule has 0 radical (unpaired) electrons. The minimum absolute atomic E-state index is 0.000524. The summed E-state index contributed by atoms with van der Waals surface area (Å²) in [6.07, 6.45) is 0. The Kier molecular flexibility index (Phi) is 6.22. The van der Waals surface area contributed by atoms with Gasteiger partial charge in [-0.15, -0.1) is 0 Å². The van der Waals surface area contributed by atoms with Crippen LogP contribution in [-0.2, 0) is 16.6 Å². The van der Waals surface area contributed by atoms with Crippen LogP contribution >= 0.6 is 0 Å². The highest BCUT2D eigenvalue weighted by Crippen LogP contribution is 2.24. The number of hydrogen-bond acceptors (Lipinski definition) is 5. The van der Waals surface area contributed by atoms with Crippen LogP contribution in [0.25, 0.3) is 0 Å². The summed E-state index contributed by atoms with van der Waals surface area (Å²) in [4.78, 5) is 13.2. The number of aryl methyl sites for hydroxylation is 1. The molecule has 0 amide bonds. The van der Waals surface area contributed by atoms with Gasteiger partial charge in [0.25, 0.3) is 0 Å². The number of likely N-dealkylation sites (N-methyl/N-ethyl adjacent to an activating group) is 1. The van der Waals surface area contributed by atoms with Crippen molar-refractivity contribution in [1.29, 1.82) is 0 Å². The molecule has 1 heterocycles. The third-order valence-electron chi connectivity index (χ3n) is 4.06. The summed E-state index contributed by atoms with van der Waals surface area (Å²) in [5.74, 6) is 0.0898. The lowest BCUT2D eigenvalue weighted by molar-refractivity contribution is 0.0695. The molecule has 1 aromatic heterocycles. The summed E-state index contributed by atoms with van der Waals surface area (Å²) < 4.78 is 33.3. The van der Waals surface area contributed by atoms with Crippen molar-refractivity contribution in [3.63, 3.8) is 0 Å². The predicted octanol–water partition coefficient (Wildman–Crippen LogP) is 2.35. The van der Waals surface area contributed by atoms with Crippen LogP contribution in [0.3, 0.4) is 0 Å². The first-order valence-corrected chi connectivity index (χ1v) is 9.60. The zero-order chi connectivity index (χ0) is 19.5. The Hall–Kier alpha value is -2.16. The van der Waals surface area contributed by atoms with E-state index in [1.807, 2.05) is 19.0 Å². The molecular formula is C18H24N2O5S. The zero-order valence-corrected chi connectivity index (χ0v) is 16.2. The van der Waals surface area contributed by atoms with Crippen molar-refractivity contribution >= 4 is 16.0 Å². The fourth-order valence-electron chi connectivity index (χ4n) is 2.60. The normalized spacial score (nSPS) is 12.1. The number of nitrogens with zero attached hydrogens (tertiary/aromatic N) is 2. The van der Waals surface area contributed by atoms with Crippen molar-refractivity contribution in [3.8, 4) is 0 Å². The van der Waals surface area contributed by atoms with Gasteiger partial charge in [0, 0.05) is 13.1 Å². The van der Waals surface area contributed by atoms with Crippen LogP contribution in [0.1, 0.15) is 27.4 Å². The summed E-state index contributed by atoms with van der Waals surface area (Å²) in [5, 5.41) is 9.28. The highest BCUT2D eigenvalue weighted by atomic mass is 32.2. The van der Waals surface area contributed by atoms with Gasteiger partial charge in [0.2, 0.25) is 10.0 Å². The number of carboxylic acid groups (broad SMARTS) is 1. The van der Waals surface area contributed by atoms with E-state index in [-0.39, 0.29) is 29.1 Å². The minimum Gasteiger partial charge on any atom is -0.478 e. The fourth-order valence-corrected chi connectivity index (χ4v) is 4.25. The van der Waals surface area contributed by atoms with Crippen molar-refractivity contribution in [2.45, 2.75) is 25.3 Å². The molecule has 142 valence electrons. The van der Waals surface area contributed by atoms with E-state index in [1.165, 1.54) is 29.4 Å². The number of furan rings is 1. The summed E-state index contributed by atoms with van der Waals surface area (Å²) in [5.41, 5.74) is 0.206. The molecule has 0 unspecified atom stereocenters. The van der Waals surface area contributed by atoms with Gasteiger partial charge in [0.05, 0.1) is 17.0 Å². The average molecular weight is 380 g/mol. The lowest BCUT2D eigenvalue weighted by Gasteiger charge is -2.24. The highest BCUT2D eigenvalue weighted by molar-refractivity contribution is 7.89. The van der Waals surface area contributed by atoms with Crippen LogP contribution in [0.2, 0.25) is 0 Å². The number of benzene rings is 1. The van der Waals surface area contributed by atoms with E-state index in [0.29, 0.717) is 18.1 Å². The summed E-state index contributed by atoms with van der Waals surface area (Å²) >= 11 is 0. The fraction of sp³-hybridized carbons (Fsp3) is 0.389. The van der Waals surface area contributed by atoms with E-state index >= 15 is 0 Å². The Labute approximate surface area is 153 Å². The number of carboxylic acids is 1. The lowest BCUT2D eigenvalue weighted by Crippen LogP contribution is -2.36. The van der Waals surface area contributed by atoms with Gasteiger partial charge in [0.15, 0.2) is 0 Å². The average Bonchev–Trinajstić information content (AvgIpc) is 2.95. The molecule has 26 heavy (non-hydrogen) atoms. The van der Waals surface area contributed by atoms with Gasteiger partial charge in [0.1, 0.15) is 11.5 Å². The lowest BCUT2D eigenvalue weighted by atomic mass is 10.1. The first-order valence-electron chi connectivity index (χ1n) is 8.16. The topological polar surface area (TPSA) is 91.1 Å². The number of hydrogen-bond donors (Lipinski definition) is 1. The Morgan fingerprint density at radius 2 is 1.81 bits per heavy atom. The second-order valence-corrected chi connectivity index (χ2v) is 8.29. The number of aromatic carboxylic acids is 1. The first-order chi connectivity index (χ1) is 12.1. The van der Waals surface area contributed by atoms with E-state index in [9.17, 15) is 18.3 Å². The second kappa shape index (κ2) is 8.03. The number of rotatable bonds is 8. The van der Waals surface area contributed by atoms with E-state index in [1.54, 1.807) is 19.1 Å². The van der Waals surface area contributed by atoms with E-state index in [2.05, 4.69) is 0 Å². The standard InChI is InChI=1S/C18H24N2O5S/c1-13-8-9-15(25-13)12-20(11-10-19(3)4)26(23,24)17-7-5-6-16(14(17)2)18(21)22/h5-9H,10-12H2,1-4H3,(H,21,22). The summed E-state index contributed by atoms with van der Waals surface area (Å²) in [6.45, 7) is 4.17. The van der Waals surface area contributed by atoms with Crippen molar-refractivity contribution in [2.75, 3.05) is 27.2 Å². The van der Waals surface area contributed by atoms with Crippen molar-refractivity contribution in [2.24, 2.45) is 0 Å². The maximum Gasteiger partial charge on any atom is 0.335 e. The molecule has 0 atom stereocenters. The Bertz CT molecular complexity index is 887. The van der Waals surface area contributed by atoms with Crippen LogP contribution in [0, 0.1) is 13.8 Å². The molecule has 0 spiro atoms. The quantitative estimate of drug-likeness (QED) is 0.756. The SMILES string of the molecule is Cc1ccc(CN(CCN(C)C)S(=O)(=O)c2cccc(C(=O)O)c2C)o1. The summed E-state index contributed by atoms with van der Waals surface area (Å²) in [6, 6.07) is 7.81. The van der Waals surface area contributed by atoms with Gasteiger partial charge in [-0.1, -0.05) is 6.07 Å². The predicted molar refractivity (Wildman–Crippen MR) is 97.7 cm³/mol. The van der Waals surface area contributed by atoms with Crippen molar-refractivity contribution < 1.29 is 22.7 Å². The highest BCUT2D eigenvalue weighted by Gasteiger charge is 2.28.